The Kier molecular flexibility index (Phi) is 5.74. The molecule has 0 aliphatic rings. The molecule has 6 nitrogen and oxygen atoms in total. The van der Waals surface area contributed by atoms with Crippen molar-refractivity contribution in [3.63, 3.8) is 0 Å². The molecule has 0 bridgehead atoms. The minimum Gasteiger partial charge on any atom is -0.480 e. The second kappa shape index (κ2) is 6.91. The number of carbonyl (C=O) groups is 2. The summed E-state index contributed by atoms with van der Waals surface area (Å²) in [5, 5.41) is 8.85. The van der Waals surface area contributed by atoms with Crippen LogP contribution < -0.4 is 0 Å². The third-order valence-corrected chi connectivity index (χ3v) is 4.26. The van der Waals surface area contributed by atoms with Gasteiger partial charge in [-0.1, -0.05) is 18.5 Å². The molecule has 0 atom stereocenters. The highest BCUT2D eigenvalue weighted by atomic mass is 35.5. The predicted octanol–water partition coefficient (Wildman–Crippen LogP) is 1.68. The second-order valence-electron chi connectivity index (χ2n) is 4.54. The molecule has 1 aromatic carbocycles. The van der Waals surface area contributed by atoms with Crippen LogP contribution in [0, 0.1) is 0 Å². The highest BCUT2D eigenvalue weighted by Crippen LogP contribution is 2.23. The number of benzene rings is 1. The van der Waals surface area contributed by atoms with Gasteiger partial charge >= 0.3 is 5.97 Å². The van der Waals surface area contributed by atoms with Crippen LogP contribution in [0.5, 0.6) is 0 Å². The number of nitrogens with zero attached hydrogens (tertiary/aromatic N) is 1. The fourth-order valence-electron chi connectivity index (χ4n) is 1.79. The molecule has 1 N–H and O–H groups in total. The molecule has 0 saturated heterocycles. The van der Waals surface area contributed by atoms with Gasteiger partial charge in [-0.25, -0.2) is 8.42 Å². The van der Waals surface area contributed by atoms with Crippen LogP contribution in [-0.4, -0.2) is 49.6 Å². The van der Waals surface area contributed by atoms with Crippen molar-refractivity contribution in [3.8, 4) is 0 Å². The molecule has 0 aromatic heterocycles. The smallest absolute Gasteiger partial charge is 0.323 e. The number of sulfone groups is 1. The first-order valence-corrected chi connectivity index (χ1v) is 8.44. The number of amides is 1. The Hall–Kier alpha value is -1.60. The van der Waals surface area contributed by atoms with Gasteiger partial charge in [0.25, 0.3) is 5.91 Å². The van der Waals surface area contributed by atoms with Crippen LogP contribution in [0.1, 0.15) is 23.7 Å². The molecule has 8 heteroatoms. The van der Waals surface area contributed by atoms with Crippen LogP contribution in [0.3, 0.4) is 0 Å². The van der Waals surface area contributed by atoms with E-state index in [0.717, 1.165) is 11.2 Å². The van der Waals surface area contributed by atoms with Crippen molar-refractivity contribution in [2.24, 2.45) is 0 Å². The van der Waals surface area contributed by atoms with Crippen molar-refractivity contribution in [3.05, 3.63) is 28.8 Å². The van der Waals surface area contributed by atoms with Gasteiger partial charge in [-0.15, -0.1) is 0 Å². The predicted molar refractivity (Wildman–Crippen MR) is 78.4 cm³/mol. The summed E-state index contributed by atoms with van der Waals surface area (Å²) in [6.07, 6.45) is 1.58. The van der Waals surface area contributed by atoms with Crippen LogP contribution in [-0.2, 0) is 14.6 Å². The highest BCUT2D eigenvalue weighted by molar-refractivity contribution is 7.90. The summed E-state index contributed by atoms with van der Waals surface area (Å²) in [6.45, 7) is 1.64. The van der Waals surface area contributed by atoms with E-state index in [1.165, 1.54) is 18.2 Å². The Bertz CT molecular complexity index is 657. The van der Waals surface area contributed by atoms with E-state index in [1.54, 1.807) is 0 Å². The lowest BCUT2D eigenvalue weighted by atomic mass is 10.2. The Balaban J connectivity index is 3.20. The minimum absolute atomic E-state index is 0.0225. The molecule has 0 radical (unpaired) electrons. The van der Waals surface area contributed by atoms with Gasteiger partial charge in [0.05, 0.1) is 9.92 Å². The maximum Gasteiger partial charge on any atom is 0.323 e. The Morgan fingerprint density at radius 1 is 1.33 bits per heavy atom. The lowest BCUT2D eigenvalue weighted by Gasteiger charge is -2.20. The second-order valence-corrected chi connectivity index (χ2v) is 6.93. The van der Waals surface area contributed by atoms with Gasteiger partial charge in [-0.05, 0) is 24.6 Å². The van der Waals surface area contributed by atoms with Gasteiger partial charge in [0.15, 0.2) is 9.84 Å². The molecule has 0 unspecified atom stereocenters. The van der Waals surface area contributed by atoms with E-state index in [1.807, 2.05) is 6.92 Å². The number of aliphatic carboxylic acids is 1. The van der Waals surface area contributed by atoms with Crippen molar-refractivity contribution in [1.29, 1.82) is 0 Å². The van der Waals surface area contributed by atoms with Crippen molar-refractivity contribution in [1.82, 2.24) is 4.90 Å². The topological polar surface area (TPSA) is 91.8 Å². The van der Waals surface area contributed by atoms with Crippen molar-refractivity contribution >= 4 is 33.3 Å². The molecule has 116 valence electrons. The summed E-state index contributed by atoms with van der Waals surface area (Å²) in [4.78, 5) is 24.1. The number of halogens is 1. The van der Waals surface area contributed by atoms with E-state index in [9.17, 15) is 18.0 Å². The van der Waals surface area contributed by atoms with E-state index in [0.29, 0.717) is 6.42 Å². The van der Waals surface area contributed by atoms with Gasteiger partial charge in [0.2, 0.25) is 0 Å². The maximum absolute atomic E-state index is 12.3. The zero-order valence-electron chi connectivity index (χ0n) is 11.7. The van der Waals surface area contributed by atoms with Crippen LogP contribution in [0.4, 0.5) is 0 Å². The quantitative estimate of drug-likeness (QED) is 0.855. The number of carboxylic acid groups (broad SMARTS) is 1. The molecule has 0 heterocycles. The summed E-state index contributed by atoms with van der Waals surface area (Å²) in [7, 11) is -3.57. The summed E-state index contributed by atoms with van der Waals surface area (Å²) in [6, 6.07) is 3.87. The van der Waals surface area contributed by atoms with Crippen molar-refractivity contribution < 1.29 is 23.1 Å². The summed E-state index contributed by atoms with van der Waals surface area (Å²) < 4.78 is 23.2. The van der Waals surface area contributed by atoms with Gasteiger partial charge in [-0.2, -0.15) is 0 Å². The molecule has 0 spiro atoms. The largest absolute Gasteiger partial charge is 0.480 e. The number of carboxylic acids is 1. The fourth-order valence-corrected chi connectivity index (χ4v) is 3.09. The number of rotatable bonds is 6. The minimum atomic E-state index is -3.57. The molecular formula is C13H16ClNO5S. The first kappa shape index (κ1) is 17.5. The average Bonchev–Trinajstić information content (AvgIpc) is 2.36. The van der Waals surface area contributed by atoms with E-state index < -0.39 is 28.3 Å². The number of hydrogen-bond donors (Lipinski definition) is 1. The molecule has 0 aliphatic heterocycles. The molecule has 1 rings (SSSR count). The van der Waals surface area contributed by atoms with E-state index in [2.05, 4.69) is 0 Å². The number of carbonyl (C=O) groups excluding carboxylic acids is 1. The lowest BCUT2D eigenvalue weighted by Crippen LogP contribution is -2.36. The van der Waals surface area contributed by atoms with E-state index in [4.69, 9.17) is 16.7 Å². The lowest BCUT2D eigenvalue weighted by molar-refractivity contribution is -0.137. The fraction of sp³-hybridized carbons (Fsp3) is 0.385. The first-order chi connectivity index (χ1) is 9.66. The average molecular weight is 334 g/mol. The third-order valence-electron chi connectivity index (χ3n) is 2.68. The van der Waals surface area contributed by atoms with Crippen LogP contribution >= 0.6 is 11.6 Å². The summed E-state index contributed by atoms with van der Waals surface area (Å²) in [5.74, 6) is -1.67. The van der Waals surface area contributed by atoms with Crippen molar-refractivity contribution in [2.45, 2.75) is 18.2 Å². The maximum atomic E-state index is 12.3. The SMILES string of the molecule is CCCN(CC(=O)O)C(=O)c1ccc(Cl)c(S(C)(=O)=O)c1. The molecule has 0 saturated carbocycles. The molecule has 0 aliphatic carbocycles. The Labute approximate surface area is 128 Å². The summed E-state index contributed by atoms with van der Waals surface area (Å²) in [5.41, 5.74) is 0.0922. The molecule has 21 heavy (non-hydrogen) atoms. The Morgan fingerprint density at radius 2 is 1.95 bits per heavy atom. The molecule has 0 fully saturated rings. The molecule has 1 amide bonds. The van der Waals surface area contributed by atoms with E-state index in [-0.39, 0.29) is 22.0 Å². The zero-order chi connectivity index (χ0) is 16.2. The van der Waals surface area contributed by atoms with Crippen LogP contribution in [0.25, 0.3) is 0 Å². The molecular weight excluding hydrogens is 318 g/mol. The van der Waals surface area contributed by atoms with Gasteiger partial charge in [-0.3, -0.25) is 9.59 Å². The van der Waals surface area contributed by atoms with E-state index >= 15 is 0 Å². The highest BCUT2D eigenvalue weighted by Gasteiger charge is 2.21. The van der Waals surface area contributed by atoms with Gasteiger partial charge in [0.1, 0.15) is 6.54 Å². The normalized spacial score (nSPS) is 11.2. The first-order valence-electron chi connectivity index (χ1n) is 6.17. The zero-order valence-corrected chi connectivity index (χ0v) is 13.2. The third kappa shape index (κ3) is 4.71. The molecule has 1 aromatic rings. The monoisotopic (exact) mass is 333 g/mol. The van der Waals surface area contributed by atoms with Gasteiger partial charge < -0.3 is 10.0 Å². The van der Waals surface area contributed by atoms with Gasteiger partial charge in [0, 0.05) is 18.4 Å². The van der Waals surface area contributed by atoms with Crippen LogP contribution in [0.2, 0.25) is 5.02 Å². The standard InChI is InChI=1S/C13H16ClNO5S/c1-3-6-15(8-12(16)17)13(18)9-4-5-10(14)11(7-9)21(2,19)20/h4-5,7H,3,6,8H2,1-2H3,(H,16,17). The summed E-state index contributed by atoms with van der Waals surface area (Å²) >= 11 is 5.81. The number of hydrogen-bond acceptors (Lipinski definition) is 4. The van der Waals surface area contributed by atoms with Crippen LogP contribution in [0.15, 0.2) is 23.1 Å². The Morgan fingerprint density at radius 3 is 2.43 bits per heavy atom. The van der Waals surface area contributed by atoms with Crippen molar-refractivity contribution in [2.75, 3.05) is 19.3 Å².